The van der Waals surface area contributed by atoms with Gasteiger partial charge in [0, 0.05) is 19.5 Å². The lowest BCUT2D eigenvalue weighted by Gasteiger charge is -2.22. The molecule has 30 heavy (non-hydrogen) atoms. The molecule has 0 bridgehead atoms. The number of nitrogens with zero attached hydrogens (tertiary/aromatic N) is 5. The van der Waals surface area contributed by atoms with Gasteiger partial charge in [0.05, 0.1) is 15.9 Å². The third-order valence-electron chi connectivity index (χ3n) is 5.07. The van der Waals surface area contributed by atoms with Gasteiger partial charge in [-0.3, -0.25) is 4.40 Å². The summed E-state index contributed by atoms with van der Waals surface area (Å²) in [5.74, 6) is 1.87. The first kappa shape index (κ1) is 18.6. The fourth-order valence-electron chi connectivity index (χ4n) is 3.52. The van der Waals surface area contributed by atoms with E-state index in [4.69, 9.17) is 9.47 Å². The van der Waals surface area contributed by atoms with E-state index < -0.39 is 10.0 Å². The smallest absolute Gasteiger partial charge is 0.265 e. The highest BCUT2D eigenvalue weighted by molar-refractivity contribution is 7.92. The Hall–Kier alpha value is -3.40. The average Bonchev–Trinajstić information content (AvgIpc) is 3.22. The van der Waals surface area contributed by atoms with E-state index in [9.17, 15) is 8.42 Å². The fraction of sp³-hybridized carbons (Fsp3) is 0.250. The molecule has 10 heteroatoms. The van der Waals surface area contributed by atoms with Gasteiger partial charge in [-0.15, -0.1) is 10.2 Å². The van der Waals surface area contributed by atoms with Crippen molar-refractivity contribution in [2.45, 2.75) is 18.2 Å². The van der Waals surface area contributed by atoms with Crippen molar-refractivity contribution in [3.8, 4) is 11.5 Å². The van der Waals surface area contributed by atoms with Gasteiger partial charge in [-0.2, -0.15) is 0 Å². The first-order valence-electron chi connectivity index (χ1n) is 9.52. The van der Waals surface area contributed by atoms with Gasteiger partial charge in [0.2, 0.25) is 5.65 Å². The van der Waals surface area contributed by atoms with Crippen LogP contribution in [0.25, 0.3) is 16.7 Å². The summed E-state index contributed by atoms with van der Waals surface area (Å²) >= 11 is 0. The van der Waals surface area contributed by atoms with Gasteiger partial charge >= 0.3 is 0 Å². The Labute approximate surface area is 172 Å². The monoisotopic (exact) mass is 425 g/mol. The first-order chi connectivity index (χ1) is 14.5. The number of aryl methyl sites for hydroxylation is 1. The van der Waals surface area contributed by atoms with Gasteiger partial charge in [-0.25, -0.2) is 17.7 Å². The van der Waals surface area contributed by atoms with Crippen molar-refractivity contribution in [1.82, 2.24) is 19.6 Å². The molecular weight excluding hydrogens is 406 g/mol. The van der Waals surface area contributed by atoms with Crippen molar-refractivity contribution in [3.05, 3.63) is 48.3 Å². The Bertz CT molecular complexity index is 1380. The van der Waals surface area contributed by atoms with Crippen LogP contribution >= 0.6 is 0 Å². The van der Waals surface area contributed by atoms with E-state index in [1.54, 1.807) is 6.07 Å². The molecule has 0 radical (unpaired) electrons. The Balaban J connectivity index is 1.68. The van der Waals surface area contributed by atoms with E-state index >= 15 is 0 Å². The topological polar surface area (TPSA) is 98.9 Å². The van der Waals surface area contributed by atoms with Crippen molar-refractivity contribution in [1.29, 1.82) is 0 Å². The highest BCUT2D eigenvalue weighted by Gasteiger charge is 2.28. The molecule has 0 saturated carbocycles. The van der Waals surface area contributed by atoms with Crippen LogP contribution in [0.15, 0.2) is 47.4 Å². The fourth-order valence-corrected chi connectivity index (χ4v) is 4.69. The molecule has 0 fully saturated rings. The number of para-hydroxylation sites is 2. The summed E-state index contributed by atoms with van der Waals surface area (Å²) < 4.78 is 40.8. The molecule has 3 heterocycles. The second-order valence-electron chi connectivity index (χ2n) is 6.83. The van der Waals surface area contributed by atoms with E-state index in [0.717, 1.165) is 15.6 Å². The number of aromatic nitrogens is 4. The number of anilines is 1. The maximum Gasteiger partial charge on any atom is 0.265 e. The van der Waals surface area contributed by atoms with Crippen LogP contribution in [0.1, 0.15) is 12.7 Å². The Morgan fingerprint density at radius 2 is 1.83 bits per heavy atom. The summed E-state index contributed by atoms with van der Waals surface area (Å²) in [5, 5.41) is 8.47. The average molecular weight is 425 g/mol. The van der Waals surface area contributed by atoms with Gasteiger partial charge in [-0.1, -0.05) is 19.1 Å². The molecule has 154 valence electrons. The van der Waals surface area contributed by atoms with E-state index in [-0.39, 0.29) is 10.7 Å². The molecule has 0 spiro atoms. The highest BCUT2D eigenvalue weighted by Crippen LogP contribution is 2.34. The summed E-state index contributed by atoms with van der Waals surface area (Å²) in [6.45, 7) is 2.78. The summed E-state index contributed by atoms with van der Waals surface area (Å²) in [5.41, 5.74) is 1.86. The first-order valence-corrected chi connectivity index (χ1v) is 11.0. The lowest BCUT2D eigenvalue weighted by Crippen LogP contribution is -2.28. The van der Waals surface area contributed by atoms with Crippen LogP contribution in [0.4, 0.5) is 5.82 Å². The van der Waals surface area contributed by atoms with Crippen LogP contribution in [0, 0.1) is 0 Å². The van der Waals surface area contributed by atoms with Crippen LogP contribution in [-0.2, 0) is 16.4 Å². The van der Waals surface area contributed by atoms with E-state index in [0.29, 0.717) is 42.3 Å². The molecule has 0 aliphatic carbocycles. The molecule has 1 aliphatic rings. The molecule has 0 atom stereocenters. The van der Waals surface area contributed by atoms with E-state index in [2.05, 4.69) is 15.2 Å². The molecular formula is C20H19N5O4S. The number of sulfonamides is 1. The van der Waals surface area contributed by atoms with Crippen LogP contribution in [0.5, 0.6) is 11.5 Å². The Morgan fingerprint density at radius 3 is 2.63 bits per heavy atom. The predicted molar refractivity (Wildman–Crippen MR) is 111 cm³/mol. The Kier molecular flexibility index (Phi) is 4.24. The largest absolute Gasteiger partial charge is 0.486 e. The molecule has 0 N–H and O–H groups in total. The second kappa shape index (κ2) is 6.84. The summed E-state index contributed by atoms with van der Waals surface area (Å²) in [6, 6.07) is 12.1. The molecule has 0 unspecified atom stereocenters. The maximum absolute atomic E-state index is 13.4. The summed E-state index contributed by atoms with van der Waals surface area (Å²) in [7, 11) is -2.47. The lowest BCUT2D eigenvalue weighted by molar-refractivity contribution is 0.171. The van der Waals surface area contributed by atoms with Crippen molar-refractivity contribution >= 4 is 32.5 Å². The number of hydrogen-bond acceptors (Lipinski definition) is 7. The number of benzene rings is 2. The van der Waals surface area contributed by atoms with E-state index in [1.807, 2.05) is 35.6 Å². The van der Waals surface area contributed by atoms with E-state index in [1.165, 1.54) is 19.2 Å². The molecule has 0 amide bonds. The van der Waals surface area contributed by atoms with Gasteiger partial charge in [-0.05, 0) is 24.3 Å². The maximum atomic E-state index is 13.4. The van der Waals surface area contributed by atoms with Gasteiger partial charge in [0.25, 0.3) is 10.0 Å². The SMILES string of the molecule is CCc1nnc2c(N(C)S(=O)(=O)c3ccc4c(c3)OCCO4)nc3ccccc3n12. The highest BCUT2D eigenvalue weighted by atomic mass is 32.2. The number of rotatable bonds is 4. The third kappa shape index (κ3) is 2.75. The number of ether oxygens (including phenoxy) is 2. The molecule has 4 aromatic rings. The Morgan fingerprint density at radius 1 is 1.07 bits per heavy atom. The molecule has 1 aliphatic heterocycles. The summed E-state index contributed by atoms with van der Waals surface area (Å²) in [4.78, 5) is 4.68. The van der Waals surface area contributed by atoms with Crippen molar-refractivity contribution < 1.29 is 17.9 Å². The minimum atomic E-state index is -3.93. The van der Waals surface area contributed by atoms with Crippen LogP contribution in [0.2, 0.25) is 0 Å². The molecule has 0 saturated heterocycles. The van der Waals surface area contributed by atoms with Crippen molar-refractivity contribution in [2.24, 2.45) is 0 Å². The zero-order valence-corrected chi connectivity index (χ0v) is 17.3. The lowest BCUT2D eigenvalue weighted by atomic mass is 10.3. The predicted octanol–water partition coefficient (Wildman–Crippen LogP) is 2.44. The second-order valence-corrected chi connectivity index (χ2v) is 8.80. The third-order valence-corrected chi connectivity index (χ3v) is 6.81. The molecule has 5 rings (SSSR count). The van der Waals surface area contributed by atoms with Gasteiger partial charge < -0.3 is 9.47 Å². The summed E-state index contributed by atoms with van der Waals surface area (Å²) in [6.07, 6.45) is 0.646. The molecule has 2 aromatic carbocycles. The number of fused-ring (bicyclic) bond motifs is 4. The van der Waals surface area contributed by atoms with Gasteiger partial charge in [0.15, 0.2) is 17.3 Å². The van der Waals surface area contributed by atoms with Crippen LogP contribution < -0.4 is 13.8 Å². The van der Waals surface area contributed by atoms with Gasteiger partial charge in [0.1, 0.15) is 19.0 Å². The van der Waals surface area contributed by atoms with Crippen molar-refractivity contribution in [2.75, 3.05) is 24.6 Å². The van der Waals surface area contributed by atoms with Crippen molar-refractivity contribution in [3.63, 3.8) is 0 Å². The van der Waals surface area contributed by atoms with Crippen LogP contribution in [-0.4, -0.2) is 48.3 Å². The minimum absolute atomic E-state index is 0.0811. The zero-order chi connectivity index (χ0) is 20.9. The number of hydrogen-bond donors (Lipinski definition) is 0. The van der Waals surface area contributed by atoms with Crippen LogP contribution in [0.3, 0.4) is 0 Å². The zero-order valence-electron chi connectivity index (χ0n) is 16.4. The quantitative estimate of drug-likeness (QED) is 0.495. The molecule has 2 aromatic heterocycles. The molecule has 9 nitrogen and oxygen atoms in total. The normalized spacial score (nSPS) is 13.7. The standard InChI is InChI=1S/C20H19N5O4S/c1-3-18-22-23-20-19(21-14-6-4-5-7-15(14)25(18)20)24(2)30(26,27)13-8-9-16-17(12-13)29-11-10-28-16/h4-9,12H,3,10-11H2,1-2H3. The minimum Gasteiger partial charge on any atom is -0.486 e.